The number of rotatable bonds is 3. The van der Waals surface area contributed by atoms with Gasteiger partial charge in [0.15, 0.2) is 0 Å². The van der Waals surface area contributed by atoms with Crippen LogP contribution in [0.15, 0.2) is 41.9 Å². The summed E-state index contributed by atoms with van der Waals surface area (Å²) in [5.74, 6) is -1.82. The van der Waals surface area contributed by atoms with Gasteiger partial charge in [0.05, 0.1) is 18.0 Å². The van der Waals surface area contributed by atoms with Gasteiger partial charge in [-0.25, -0.2) is 28.8 Å². The van der Waals surface area contributed by atoms with E-state index in [9.17, 15) is 18.4 Å². The van der Waals surface area contributed by atoms with Crippen molar-refractivity contribution >= 4 is 18.0 Å². The second kappa shape index (κ2) is 6.86. The molecular formula is C22H20F2N6O2. The number of fused-ring (bicyclic) bond motifs is 1. The van der Waals surface area contributed by atoms with Crippen molar-refractivity contribution in [1.29, 1.82) is 0 Å². The first-order valence-corrected chi connectivity index (χ1v) is 10.6. The smallest absolute Gasteiger partial charge is 0.273 e. The van der Waals surface area contributed by atoms with Crippen LogP contribution < -0.4 is 0 Å². The van der Waals surface area contributed by atoms with Crippen molar-refractivity contribution in [2.45, 2.75) is 31.3 Å². The molecule has 5 atom stereocenters. The topological polar surface area (TPSA) is 82.0 Å². The van der Waals surface area contributed by atoms with Gasteiger partial charge in [0.1, 0.15) is 23.7 Å². The lowest BCUT2D eigenvalue weighted by Gasteiger charge is -2.37. The summed E-state index contributed by atoms with van der Waals surface area (Å²) in [6.07, 6.45) is 6.09. The molecular weight excluding hydrogens is 418 g/mol. The van der Waals surface area contributed by atoms with E-state index >= 15 is 0 Å². The number of hydrazone groups is 1. The Morgan fingerprint density at radius 3 is 2.88 bits per heavy atom. The quantitative estimate of drug-likeness (QED) is 0.734. The minimum absolute atomic E-state index is 0.0719. The van der Waals surface area contributed by atoms with Crippen LogP contribution in [0.5, 0.6) is 0 Å². The molecule has 32 heavy (non-hydrogen) atoms. The largest absolute Gasteiger partial charge is 0.287 e. The molecule has 1 aromatic heterocycles. The molecule has 2 amide bonds. The van der Waals surface area contributed by atoms with Gasteiger partial charge in [-0.1, -0.05) is 0 Å². The number of piperidine rings is 1. The fourth-order valence-corrected chi connectivity index (χ4v) is 5.64. The molecule has 1 saturated carbocycles. The number of hydrazine groups is 1. The van der Waals surface area contributed by atoms with Crippen LogP contribution in [-0.4, -0.2) is 62.2 Å². The summed E-state index contributed by atoms with van der Waals surface area (Å²) in [6, 6.07) is 4.12. The molecule has 2 bridgehead atoms. The van der Waals surface area contributed by atoms with Crippen molar-refractivity contribution in [3.8, 4) is 0 Å². The maximum atomic E-state index is 14.4. The molecule has 1 spiro atoms. The average molecular weight is 438 g/mol. The van der Waals surface area contributed by atoms with Crippen molar-refractivity contribution in [1.82, 2.24) is 25.0 Å². The Kier molecular flexibility index (Phi) is 4.16. The first-order chi connectivity index (χ1) is 15.5. The molecule has 1 aromatic carbocycles. The lowest BCUT2D eigenvalue weighted by atomic mass is 9.82. The van der Waals surface area contributed by atoms with Crippen molar-refractivity contribution in [2.24, 2.45) is 16.4 Å². The monoisotopic (exact) mass is 438 g/mol. The first kappa shape index (κ1) is 19.4. The number of halogens is 2. The lowest BCUT2D eigenvalue weighted by Crippen LogP contribution is -2.49. The average Bonchev–Trinajstić information content (AvgIpc) is 3.18. The number of amides is 2. The van der Waals surface area contributed by atoms with Crippen LogP contribution in [0.1, 0.15) is 41.4 Å². The Morgan fingerprint density at radius 1 is 1.19 bits per heavy atom. The zero-order valence-electron chi connectivity index (χ0n) is 17.1. The predicted octanol–water partition coefficient (Wildman–Crippen LogP) is 2.17. The highest BCUT2D eigenvalue weighted by Crippen LogP contribution is 2.64. The van der Waals surface area contributed by atoms with E-state index in [0.717, 1.165) is 24.6 Å². The fourth-order valence-electron chi connectivity index (χ4n) is 5.64. The van der Waals surface area contributed by atoms with Crippen LogP contribution in [-0.2, 0) is 4.79 Å². The maximum absolute atomic E-state index is 14.4. The van der Waals surface area contributed by atoms with Gasteiger partial charge < -0.3 is 0 Å². The number of aromatic nitrogens is 2. The van der Waals surface area contributed by atoms with Gasteiger partial charge in [-0.05, 0) is 37.1 Å². The molecule has 8 nitrogen and oxygen atoms in total. The van der Waals surface area contributed by atoms with Gasteiger partial charge in [0, 0.05) is 42.9 Å². The van der Waals surface area contributed by atoms with E-state index in [0.29, 0.717) is 31.6 Å². The summed E-state index contributed by atoms with van der Waals surface area (Å²) in [5, 5.41) is 9.29. The predicted molar refractivity (Wildman–Crippen MR) is 108 cm³/mol. The molecule has 0 radical (unpaired) electrons. The number of carbonyl (C=O) groups excluding carboxylic acids is 2. The van der Waals surface area contributed by atoms with Gasteiger partial charge in [-0.2, -0.15) is 5.10 Å². The van der Waals surface area contributed by atoms with Gasteiger partial charge in [0.2, 0.25) is 5.91 Å². The third-order valence-electron chi connectivity index (χ3n) is 7.20. The molecule has 10 heteroatoms. The minimum Gasteiger partial charge on any atom is -0.273 e. The van der Waals surface area contributed by atoms with Crippen molar-refractivity contribution in [2.75, 3.05) is 13.1 Å². The fraction of sp³-hybridized carbons (Fsp3) is 0.409. The molecule has 5 unspecified atom stereocenters. The number of nitrogens with zero attached hydrogens (tertiary/aromatic N) is 6. The molecule has 4 heterocycles. The summed E-state index contributed by atoms with van der Waals surface area (Å²) in [6.45, 7) is 1.17. The van der Waals surface area contributed by atoms with Crippen molar-refractivity contribution in [3.05, 3.63) is 59.7 Å². The maximum Gasteiger partial charge on any atom is 0.287 e. The zero-order valence-corrected chi connectivity index (χ0v) is 17.1. The Hall–Kier alpha value is -3.27. The third kappa shape index (κ3) is 2.72. The molecule has 2 aromatic rings. The van der Waals surface area contributed by atoms with Crippen LogP contribution in [0.2, 0.25) is 0 Å². The second-order valence-electron chi connectivity index (χ2n) is 8.83. The molecule has 164 valence electrons. The molecule has 3 aliphatic heterocycles. The molecule has 1 aliphatic carbocycles. The van der Waals surface area contributed by atoms with E-state index in [-0.39, 0.29) is 34.8 Å². The van der Waals surface area contributed by atoms with Gasteiger partial charge in [-0.15, -0.1) is 0 Å². The van der Waals surface area contributed by atoms with Crippen LogP contribution in [0, 0.1) is 23.0 Å². The Bertz CT molecular complexity index is 1140. The molecule has 6 rings (SSSR count). The van der Waals surface area contributed by atoms with Crippen LogP contribution in [0.4, 0.5) is 8.78 Å². The third-order valence-corrected chi connectivity index (χ3v) is 7.20. The molecule has 3 fully saturated rings. The summed E-state index contributed by atoms with van der Waals surface area (Å²) in [4.78, 5) is 34.6. The summed E-state index contributed by atoms with van der Waals surface area (Å²) < 4.78 is 28.2. The second-order valence-corrected chi connectivity index (χ2v) is 8.83. The normalized spacial score (nSPS) is 32.2. The highest BCUT2D eigenvalue weighted by Gasteiger charge is 2.72. The van der Waals surface area contributed by atoms with E-state index in [1.54, 1.807) is 17.3 Å². The lowest BCUT2D eigenvalue weighted by molar-refractivity contribution is -0.141. The van der Waals surface area contributed by atoms with E-state index in [1.807, 2.05) is 5.01 Å². The Morgan fingerprint density at radius 2 is 2.06 bits per heavy atom. The minimum atomic E-state index is -0.662. The van der Waals surface area contributed by atoms with Crippen LogP contribution in [0.3, 0.4) is 0 Å². The van der Waals surface area contributed by atoms with E-state index in [2.05, 4.69) is 15.1 Å². The van der Waals surface area contributed by atoms with Crippen LogP contribution in [0.25, 0.3) is 0 Å². The Labute approximate surface area is 182 Å². The molecule has 2 saturated heterocycles. The van der Waals surface area contributed by atoms with Gasteiger partial charge in [-0.3, -0.25) is 14.6 Å². The van der Waals surface area contributed by atoms with Gasteiger partial charge in [0.25, 0.3) is 5.91 Å². The number of benzene rings is 1. The molecule has 0 N–H and O–H groups in total. The van der Waals surface area contributed by atoms with Crippen molar-refractivity contribution in [3.63, 3.8) is 0 Å². The highest BCUT2D eigenvalue weighted by molar-refractivity contribution is 5.93. The number of carbonyl (C=O) groups is 2. The number of hydrogen-bond donors (Lipinski definition) is 0. The summed E-state index contributed by atoms with van der Waals surface area (Å²) in [5.41, 5.74) is 0.120. The first-order valence-electron chi connectivity index (χ1n) is 10.6. The highest BCUT2D eigenvalue weighted by atomic mass is 19.1. The van der Waals surface area contributed by atoms with Crippen molar-refractivity contribution < 1.29 is 18.4 Å². The van der Waals surface area contributed by atoms with E-state index in [1.165, 1.54) is 17.5 Å². The van der Waals surface area contributed by atoms with Crippen LogP contribution >= 0.6 is 0 Å². The van der Waals surface area contributed by atoms with Gasteiger partial charge >= 0.3 is 0 Å². The van der Waals surface area contributed by atoms with E-state index in [4.69, 9.17) is 0 Å². The number of hydrogen-bond acceptors (Lipinski definition) is 6. The molecule has 4 aliphatic rings. The zero-order chi connectivity index (χ0) is 22.0. The summed E-state index contributed by atoms with van der Waals surface area (Å²) >= 11 is 0. The standard InChI is InChI=1S/C22H20F2N6O2/c23-13-1-2-16(24)14(9-13)18-4-7-27-29(18)20(31)15-5-8-28-11-22(15)10-19(22)30(28)21(32)17-3-6-25-12-26-17/h1-3,6-7,9,12,15,18-19H,4-5,8,10-11H2. The SMILES string of the molecule is O=C(C1CCN2CC13CC3N2C(=O)c1ccncn1)N1N=CCC1c1cc(F)ccc1F. The Balaban J connectivity index is 1.25. The van der Waals surface area contributed by atoms with E-state index < -0.39 is 17.7 Å². The summed E-state index contributed by atoms with van der Waals surface area (Å²) in [7, 11) is 0.